The quantitative estimate of drug-likeness (QED) is 0.546. The van der Waals surface area contributed by atoms with Gasteiger partial charge in [-0.1, -0.05) is 0 Å². The third kappa shape index (κ3) is 7.89. The molecule has 0 unspecified atom stereocenters. The van der Waals surface area contributed by atoms with Gasteiger partial charge in [-0.15, -0.1) is 0 Å². The van der Waals surface area contributed by atoms with E-state index in [4.69, 9.17) is 9.47 Å². The predicted molar refractivity (Wildman–Crippen MR) is 106 cm³/mol. The van der Waals surface area contributed by atoms with Crippen LogP contribution in [0.25, 0.3) is 0 Å². The standard InChI is InChI=1S/C17H24IN3O5/c1-10(20-14(22)9-19-16(24)26-17(2,3)4)15(23)21-13-8-11(25-5)6-7-12(13)18/h6-8,10H,9H2,1-5H3,(H,19,24)(H,20,22)(H,21,23)/t10-/m1/s1. The van der Waals surface area contributed by atoms with E-state index in [1.54, 1.807) is 39.8 Å². The van der Waals surface area contributed by atoms with Gasteiger partial charge in [-0.25, -0.2) is 4.79 Å². The van der Waals surface area contributed by atoms with Gasteiger partial charge >= 0.3 is 6.09 Å². The van der Waals surface area contributed by atoms with Crippen LogP contribution in [0.4, 0.5) is 10.5 Å². The summed E-state index contributed by atoms with van der Waals surface area (Å²) in [6, 6.07) is 4.50. The smallest absolute Gasteiger partial charge is 0.408 e. The molecule has 0 heterocycles. The molecule has 144 valence electrons. The second kappa shape index (κ2) is 9.60. The lowest BCUT2D eigenvalue weighted by atomic mass is 10.2. The zero-order chi connectivity index (χ0) is 19.9. The zero-order valence-corrected chi connectivity index (χ0v) is 17.6. The molecule has 1 aromatic rings. The molecule has 0 bridgehead atoms. The highest BCUT2D eigenvalue weighted by atomic mass is 127. The van der Waals surface area contributed by atoms with Crippen LogP contribution in [0.1, 0.15) is 27.7 Å². The summed E-state index contributed by atoms with van der Waals surface area (Å²) in [4.78, 5) is 35.6. The molecule has 8 nitrogen and oxygen atoms in total. The van der Waals surface area contributed by atoms with Gasteiger partial charge in [0.25, 0.3) is 0 Å². The van der Waals surface area contributed by atoms with Gasteiger partial charge in [-0.05, 0) is 62.4 Å². The van der Waals surface area contributed by atoms with Crippen molar-refractivity contribution in [2.75, 3.05) is 19.0 Å². The van der Waals surface area contributed by atoms with Gasteiger partial charge in [0, 0.05) is 9.64 Å². The molecule has 1 atom stereocenters. The van der Waals surface area contributed by atoms with Crippen molar-refractivity contribution in [2.24, 2.45) is 0 Å². The molecule has 0 saturated heterocycles. The highest BCUT2D eigenvalue weighted by Crippen LogP contribution is 2.24. The minimum atomic E-state index is -0.787. The number of hydrogen-bond donors (Lipinski definition) is 3. The fraction of sp³-hybridized carbons (Fsp3) is 0.471. The normalized spacial score (nSPS) is 11.9. The van der Waals surface area contributed by atoms with Crippen molar-refractivity contribution < 1.29 is 23.9 Å². The van der Waals surface area contributed by atoms with Crippen molar-refractivity contribution in [2.45, 2.75) is 39.3 Å². The number of amides is 3. The monoisotopic (exact) mass is 477 g/mol. The Hall–Kier alpha value is -2.04. The summed E-state index contributed by atoms with van der Waals surface area (Å²) in [5, 5.41) is 7.58. The van der Waals surface area contributed by atoms with E-state index >= 15 is 0 Å². The molecule has 0 aliphatic heterocycles. The molecule has 0 aliphatic rings. The Morgan fingerprint density at radius 3 is 2.46 bits per heavy atom. The van der Waals surface area contributed by atoms with Gasteiger partial charge in [0.1, 0.15) is 23.9 Å². The Bertz CT molecular complexity index is 673. The lowest BCUT2D eigenvalue weighted by molar-refractivity contribution is -0.125. The molecule has 0 radical (unpaired) electrons. The molecule has 3 N–H and O–H groups in total. The van der Waals surface area contributed by atoms with Crippen LogP contribution in [0.15, 0.2) is 18.2 Å². The maximum atomic E-state index is 12.2. The number of anilines is 1. The van der Waals surface area contributed by atoms with Crippen LogP contribution in [0, 0.1) is 3.57 Å². The lowest BCUT2D eigenvalue weighted by Crippen LogP contribution is -2.46. The van der Waals surface area contributed by atoms with Crippen LogP contribution in [0.5, 0.6) is 5.75 Å². The first-order chi connectivity index (χ1) is 12.0. The number of carbonyl (C=O) groups excluding carboxylic acids is 3. The second-order valence-electron chi connectivity index (χ2n) is 6.48. The first kappa shape index (κ1) is 22.0. The number of ether oxygens (including phenoxy) is 2. The van der Waals surface area contributed by atoms with Crippen LogP contribution >= 0.6 is 22.6 Å². The summed E-state index contributed by atoms with van der Waals surface area (Å²) in [6.07, 6.45) is -0.698. The van der Waals surface area contributed by atoms with E-state index in [0.29, 0.717) is 11.4 Å². The van der Waals surface area contributed by atoms with E-state index < -0.39 is 23.6 Å². The van der Waals surface area contributed by atoms with E-state index in [1.165, 1.54) is 7.11 Å². The maximum absolute atomic E-state index is 12.2. The van der Waals surface area contributed by atoms with Crippen LogP contribution in [-0.2, 0) is 14.3 Å². The minimum Gasteiger partial charge on any atom is -0.497 e. The number of alkyl carbamates (subject to hydrolysis) is 1. The van der Waals surface area contributed by atoms with Gasteiger partial charge in [0.15, 0.2) is 0 Å². The predicted octanol–water partition coefficient (Wildman–Crippen LogP) is 2.27. The third-order valence-corrected chi connectivity index (χ3v) is 3.94. The number of methoxy groups -OCH3 is 1. The van der Waals surface area contributed by atoms with Gasteiger partial charge in [-0.3, -0.25) is 9.59 Å². The minimum absolute atomic E-state index is 0.288. The van der Waals surface area contributed by atoms with E-state index in [9.17, 15) is 14.4 Å². The molecule has 0 aromatic heterocycles. The summed E-state index contributed by atoms with van der Waals surface area (Å²) in [7, 11) is 1.54. The summed E-state index contributed by atoms with van der Waals surface area (Å²) in [6.45, 7) is 6.42. The van der Waals surface area contributed by atoms with Crippen molar-refractivity contribution >= 4 is 46.2 Å². The van der Waals surface area contributed by atoms with E-state index in [1.807, 2.05) is 6.07 Å². The molecule has 26 heavy (non-hydrogen) atoms. The fourth-order valence-electron chi connectivity index (χ4n) is 1.79. The van der Waals surface area contributed by atoms with Gasteiger partial charge in [0.05, 0.1) is 12.8 Å². The first-order valence-electron chi connectivity index (χ1n) is 7.92. The van der Waals surface area contributed by atoms with Crippen LogP contribution in [-0.4, -0.2) is 43.2 Å². The fourth-order valence-corrected chi connectivity index (χ4v) is 2.26. The van der Waals surface area contributed by atoms with Crippen LogP contribution < -0.4 is 20.7 Å². The second-order valence-corrected chi connectivity index (χ2v) is 7.64. The summed E-state index contributed by atoms with van der Waals surface area (Å²) >= 11 is 2.09. The number of carbonyl (C=O) groups is 3. The molecule has 0 fully saturated rings. The topological polar surface area (TPSA) is 106 Å². The van der Waals surface area contributed by atoms with E-state index in [2.05, 4.69) is 38.5 Å². The molecule has 0 aliphatic carbocycles. The Labute approximate surface area is 166 Å². The largest absolute Gasteiger partial charge is 0.497 e. The summed E-state index contributed by atoms with van der Waals surface area (Å²) in [5.74, 6) is -0.278. The van der Waals surface area contributed by atoms with Crippen molar-refractivity contribution in [3.05, 3.63) is 21.8 Å². The molecule has 9 heteroatoms. The average Bonchev–Trinajstić information content (AvgIpc) is 2.53. The van der Waals surface area contributed by atoms with E-state index in [-0.39, 0.29) is 12.5 Å². The first-order valence-corrected chi connectivity index (χ1v) is 9.00. The van der Waals surface area contributed by atoms with Crippen LogP contribution in [0.2, 0.25) is 0 Å². The SMILES string of the molecule is COc1ccc(I)c(NC(=O)[C@@H](C)NC(=O)CNC(=O)OC(C)(C)C)c1. The molecule has 3 amide bonds. The highest BCUT2D eigenvalue weighted by molar-refractivity contribution is 14.1. The average molecular weight is 477 g/mol. The van der Waals surface area contributed by atoms with Crippen molar-refractivity contribution in [1.82, 2.24) is 10.6 Å². The van der Waals surface area contributed by atoms with E-state index in [0.717, 1.165) is 3.57 Å². The summed E-state index contributed by atoms with van der Waals surface area (Å²) in [5.41, 5.74) is -0.0651. The zero-order valence-electron chi connectivity index (χ0n) is 15.4. The number of nitrogens with one attached hydrogen (secondary N) is 3. The number of benzene rings is 1. The molecular formula is C17H24IN3O5. The molecular weight excluding hydrogens is 453 g/mol. The Morgan fingerprint density at radius 2 is 1.88 bits per heavy atom. The van der Waals surface area contributed by atoms with Gasteiger partial charge in [0.2, 0.25) is 11.8 Å². The van der Waals surface area contributed by atoms with Gasteiger partial charge < -0.3 is 25.4 Å². The lowest BCUT2D eigenvalue weighted by Gasteiger charge is -2.20. The highest BCUT2D eigenvalue weighted by Gasteiger charge is 2.19. The number of rotatable bonds is 6. The van der Waals surface area contributed by atoms with Crippen molar-refractivity contribution in [3.63, 3.8) is 0 Å². The van der Waals surface area contributed by atoms with Gasteiger partial charge in [-0.2, -0.15) is 0 Å². The molecule has 0 spiro atoms. The Morgan fingerprint density at radius 1 is 1.23 bits per heavy atom. The maximum Gasteiger partial charge on any atom is 0.408 e. The molecule has 1 aromatic carbocycles. The van der Waals surface area contributed by atoms with Crippen molar-refractivity contribution in [3.8, 4) is 5.75 Å². The van der Waals surface area contributed by atoms with Crippen molar-refractivity contribution in [1.29, 1.82) is 0 Å². The Kier molecular flexibility index (Phi) is 8.12. The third-order valence-electron chi connectivity index (χ3n) is 2.99. The molecule has 1 rings (SSSR count). The summed E-state index contributed by atoms with van der Waals surface area (Å²) < 4.78 is 11.0. The Balaban J connectivity index is 2.51. The molecule has 0 saturated carbocycles. The number of halogens is 1. The number of hydrogen-bond acceptors (Lipinski definition) is 5. The van der Waals surface area contributed by atoms with Crippen LogP contribution in [0.3, 0.4) is 0 Å².